The Kier molecular flexibility index (Phi) is 4.62. The highest BCUT2D eigenvalue weighted by atomic mass is 79.9. The molecule has 0 unspecified atom stereocenters. The molecule has 1 aromatic heterocycles. The highest BCUT2D eigenvalue weighted by Crippen LogP contribution is 2.20. The summed E-state index contributed by atoms with van der Waals surface area (Å²) in [7, 11) is 0. The number of hydrogen-bond acceptors (Lipinski definition) is 3. The highest BCUT2D eigenvalue weighted by Gasteiger charge is 2.05. The summed E-state index contributed by atoms with van der Waals surface area (Å²) in [6, 6.07) is 1.97. The molecule has 0 radical (unpaired) electrons. The average Bonchev–Trinajstić information content (AvgIpc) is 2.48. The largest absolute Gasteiger partial charge is 0.374 e. The fourth-order valence-corrected chi connectivity index (χ4v) is 2.39. The lowest BCUT2D eigenvalue weighted by Gasteiger charge is -1.98. The van der Waals surface area contributed by atoms with Gasteiger partial charge in [0.05, 0.1) is 0 Å². The molecule has 0 N–H and O–H groups in total. The number of ketones is 1. The molecule has 0 aromatic carbocycles. The molecule has 4 heteroatoms. The predicted octanol–water partition coefficient (Wildman–Crippen LogP) is 2.66. The third-order valence-electron chi connectivity index (χ3n) is 1.46. The first-order chi connectivity index (χ1) is 6.22. The summed E-state index contributed by atoms with van der Waals surface area (Å²) in [4.78, 5) is 12.3. The van der Waals surface area contributed by atoms with Crippen molar-refractivity contribution in [1.29, 1.82) is 0 Å². The molecule has 0 saturated carbocycles. The molecule has 1 heterocycles. The van der Waals surface area contributed by atoms with Crippen molar-refractivity contribution in [1.82, 2.24) is 0 Å². The molecule has 1 rings (SSSR count). The maximum atomic E-state index is 11.2. The minimum absolute atomic E-state index is 0.135. The van der Waals surface area contributed by atoms with Crippen LogP contribution < -0.4 is 0 Å². The Labute approximate surface area is 90.0 Å². The van der Waals surface area contributed by atoms with E-state index < -0.39 is 0 Å². The molecule has 0 aliphatic carbocycles. The van der Waals surface area contributed by atoms with E-state index in [4.69, 9.17) is 4.74 Å². The van der Waals surface area contributed by atoms with Gasteiger partial charge in [-0.15, -0.1) is 11.3 Å². The quantitative estimate of drug-likeness (QED) is 0.816. The van der Waals surface area contributed by atoms with Crippen LogP contribution in [0.2, 0.25) is 0 Å². The predicted molar refractivity (Wildman–Crippen MR) is 57.2 cm³/mol. The van der Waals surface area contributed by atoms with Crippen molar-refractivity contribution < 1.29 is 9.53 Å². The summed E-state index contributed by atoms with van der Waals surface area (Å²) in [6.45, 7) is 2.71. The second kappa shape index (κ2) is 5.52. The number of carbonyl (C=O) groups is 1. The molecule has 0 aliphatic heterocycles. The lowest BCUT2D eigenvalue weighted by molar-refractivity contribution is -0.122. The van der Waals surface area contributed by atoms with E-state index in [9.17, 15) is 4.79 Å². The number of halogens is 1. The normalized spacial score (nSPS) is 10.3. The van der Waals surface area contributed by atoms with E-state index in [0.29, 0.717) is 13.0 Å². The molecule has 0 amide bonds. The molecule has 0 aliphatic rings. The number of rotatable bonds is 5. The van der Waals surface area contributed by atoms with Crippen LogP contribution in [0.1, 0.15) is 11.8 Å². The lowest BCUT2D eigenvalue weighted by Crippen LogP contribution is -2.10. The maximum Gasteiger partial charge on any atom is 0.163 e. The van der Waals surface area contributed by atoms with Crippen LogP contribution in [0.15, 0.2) is 15.9 Å². The molecular weight excluding hydrogens is 252 g/mol. The third-order valence-corrected chi connectivity index (χ3v) is 3.16. The average molecular weight is 263 g/mol. The van der Waals surface area contributed by atoms with Gasteiger partial charge in [0.2, 0.25) is 0 Å². The number of thiophene rings is 1. The fraction of sp³-hybridized carbons (Fsp3) is 0.444. The zero-order chi connectivity index (χ0) is 9.68. The van der Waals surface area contributed by atoms with Gasteiger partial charge in [-0.2, -0.15) is 0 Å². The maximum absolute atomic E-state index is 11.2. The van der Waals surface area contributed by atoms with Gasteiger partial charge in [-0.3, -0.25) is 4.79 Å². The van der Waals surface area contributed by atoms with Gasteiger partial charge in [-0.1, -0.05) is 0 Å². The summed E-state index contributed by atoms with van der Waals surface area (Å²) in [6.07, 6.45) is 0.482. The van der Waals surface area contributed by atoms with Crippen molar-refractivity contribution in [3.63, 3.8) is 0 Å². The minimum Gasteiger partial charge on any atom is -0.374 e. The van der Waals surface area contributed by atoms with E-state index in [-0.39, 0.29) is 12.4 Å². The Morgan fingerprint density at radius 1 is 1.69 bits per heavy atom. The van der Waals surface area contributed by atoms with Gasteiger partial charge in [-0.05, 0) is 28.9 Å². The summed E-state index contributed by atoms with van der Waals surface area (Å²) in [5.41, 5.74) is 0. The van der Waals surface area contributed by atoms with Crippen molar-refractivity contribution in [2.45, 2.75) is 13.3 Å². The molecule has 0 atom stereocenters. The van der Waals surface area contributed by atoms with E-state index in [1.165, 1.54) is 0 Å². The Balaban J connectivity index is 2.36. The van der Waals surface area contributed by atoms with Crippen LogP contribution in [-0.2, 0) is 16.0 Å². The monoisotopic (exact) mass is 262 g/mol. The third kappa shape index (κ3) is 4.02. The van der Waals surface area contributed by atoms with E-state index in [1.807, 2.05) is 18.4 Å². The Morgan fingerprint density at radius 2 is 2.46 bits per heavy atom. The first-order valence-corrected chi connectivity index (χ1v) is 5.72. The van der Waals surface area contributed by atoms with Crippen molar-refractivity contribution in [3.8, 4) is 0 Å². The lowest BCUT2D eigenvalue weighted by atomic mass is 10.2. The molecule has 0 bridgehead atoms. The first kappa shape index (κ1) is 10.9. The van der Waals surface area contributed by atoms with Crippen LogP contribution in [0.4, 0.5) is 0 Å². The molecule has 0 saturated heterocycles. The number of carbonyl (C=O) groups excluding carboxylic acids is 1. The van der Waals surface area contributed by atoms with Gasteiger partial charge < -0.3 is 4.74 Å². The first-order valence-electron chi connectivity index (χ1n) is 4.04. The van der Waals surface area contributed by atoms with E-state index in [1.54, 1.807) is 11.3 Å². The van der Waals surface area contributed by atoms with Crippen molar-refractivity contribution in [3.05, 3.63) is 20.8 Å². The van der Waals surface area contributed by atoms with Crippen molar-refractivity contribution in [2.24, 2.45) is 0 Å². The summed E-state index contributed by atoms with van der Waals surface area (Å²) >= 11 is 4.93. The van der Waals surface area contributed by atoms with Crippen molar-refractivity contribution in [2.75, 3.05) is 13.2 Å². The molecule has 72 valence electrons. The van der Waals surface area contributed by atoms with Gasteiger partial charge in [-0.25, -0.2) is 0 Å². The molecular formula is C9H11BrO2S. The SMILES string of the molecule is CCOCC(=O)Cc1cc(Br)cs1. The topological polar surface area (TPSA) is 26.3 Å². The van der Waals surface area contributed by atoms with E-state index >= 15 is 0 Å². The van der Waals surface area contributed by atoms with E-state index in [2.05, 4.69) is 15.9 Å². The van der Waals surface area contributed by atoms with Crippen LogP contribution >= 0.6 is 27.3 Å². The van der Waals surface area contributed by atoms with Crippen LogP contribution in [0.25, 0.3) is 0 Å². The number of ether oxygens (including phenoxy) is 1. The van der Waals surface area contributed by atoms with Crippen LogP contribution in [0.3, 0.4) is 0 Å². The van der Waals surface area contributed by atoms with Gasteiger partial charge >= 0.3 is 0 Å². The standard InChI is InChI=1S/C9H11BrO2S/c1-2-12-5-8(11)4-9-3-7(10)6-13-9/h3,6H,2,4-5H2,1H3. The second-order valence-electron chi connectivity index (χ2n) is 2.58. The number of hydrogen-bond donors (Lipinski definition) is 0. The molecule has 2 nitrogen and oxygen atoms in total. The van der Waals surface area contributed by atoms with Crippen molar-refractivity contribution >= 4 is 33.0 Å². The summed E-state index contributed by atoms with van der Waals surface area (Å²) in [5, 5.41) is 1.98. The summed E-state index contributed by atoms with van der Waals surface area (Å²) in [5.74, 6) is 0.135. The molecule has 1 aromatic rings. The molecule has 0 spiro atoms. The highest BCUT2D eigenvalue weighted by molar-refractivity contribution is 9.10. The molecule has 13 heavy (non-hydrogen) atoms. The van der Waals surface area contributed by atoms with Crippen LogP contribution in [0.5, 0.6) is 0 Å². The zero-order valence-electron chi connectivity index (χ0n) is 7.38. The zero-order valence-corrected chi connectivity index (χ0v) is 9.78. The number of Topliss-reactive ketones (excluding diaryl/α,β-unsaturated/α-hetero) is 1. The fourth-order valence-electron chi connectivity index (χ4n) is 0.908. The van der Waals surface area contributed by atoms with Gasteiger partial charge in [0.25, 0.3) is 0 Å². The van der Waals surface area contributed by atoms with Gasteiger partial charge in [0.15, 0.2) is 5.78 Å². The molecule has 0 fully saturated rings. The Morgan fingerprint density at radius 3 is 3.00 bits per heavy atom. The van der Waals surface area contributed by atoms with Crippen LogP contribution in [-0.4, -0.2) is 19.0 Å². The van der Waals surface area contributed by atoms with E-state index in [0.717, 1.165) is 9.35 Å². The summed E-state index contributed by atoms with van der Waals surface area (Å²) < 4.78 is 6.06. The minimum atomic E-state index is 0.135. The Bertz CT molecular complexity index is 283. The van der Waals surface area contributed by atoms with Gasteiger partial charge in [0.1, 0.15) is 6.61 Å². The Hall–Kier alpha value is -0.190. The van der Waals surface area contributed by atoms with Gasteiger partial charge in [0, 0.05) is 27.8 Å². The smallest absolute Gasteiger partial charge is 0.163 e. The van der Waals surface area contributed by atoms with Crippen LogP contribution in [0, 0.1) is 0 Å². The second-order valence-corrected chi connectivity index (χ2v) is 4.50.